The molecule has 1 amide bonds. The van der Waals surface area contributed by atoms with Crippen molar-refractivity contribution in [3.63, 3.8) is 0 Å². The second-order valence-corrected chi connectivity index (χ2v) is 5.18. The Labute approximate surface area is 124 Å². The minimum absolute atomic E-state index is 0.00619. The third-order valence-electron chi connectivity index (χ3n) is 2.95. The molecule has 2 N–H and O–H groups in total. The zero-order valence-corrected chi connectivity index (χ0v) is 12.6. The van der Waals surface area contributed by atoms with E-state index in [1.807, 2.05) is 0 Å². The fourth-order valence-electron chi connectivity index (χ4n) is 1.83. The molecule has 0 bridgehead atoms. The van der Waals surface area contributed by atoms with E-state index >= 15 is 0 Å². The summed E-state index contributed by atoms with van der Waals surface area (Å²) in [5.41, 5.74) is 0.506. The Morgan fingerprint density at radius 2 is 2.00 bits per heavy atom. The lowest BCUT2D eigenvalue weighted by molar-refractivity contribution is -0.115. The maximum Gasteiger partial charge on any atom is 0.238 e. The summed E-state index contributed by atoms with van der Waals surface area (Å²) in [5, 5.41) is 5.76. The Kier molecular flexibility index (Phi) is 8.23. The van der Waals surface area contributed by atoms with Gasteiger partial charge in [0.25, 0.3) is 0 Å². The summed E-state index contributed by atoms with van der Waals surface area (Å²) in [6, 6.07) is 4.13. The molecule has 0 aliphatic heterocycles. The van der Waals surface area contributed by atoms with Crippen LogP contribution in [0.4, 0.5) is 10.1 Å². The number of carbonyl (C=O) groups is 1. The highest BCUT2D eigenvalue weighted by Crippen LogP contribution is 2.19. The molecule has 1 aromatic carbocycles. The van der Waals surface area contributed by atoms with E-state index in [1.165, 1.54) is 43.9 Å². The quantitative estimate of drug-likeness (QED) is 0.677. The van der Waals surface area contributed by atoms with Crippen LogP contribution in [0.1, 0.15) is 39.0 Å². The number of hydrogen-bond donors (Lipinski definition) is 2. The average Bonchev–Trinajstić information content (AvgIpc) is 2.42. The number of rotatable bonds is 9. The largest absolute Gasteiger partial charge is 0.325 e. The molecular weight excluding hydrogens is 279 g/mol. The first-order valence-electron chi connectivity index (χ1n) is 7.09. The second-order valence-electron chi connectivity index (χ2n) is 4.77. The molecule has 0 heterocycles. The van der Waals surface area contributed by atoms with Crippen LogP contribution < -0.4 is 10.6 Å². The van der Waals surface area contributed by atoms with Gasteiger partial charge in [0.15, 0.2) is 0 Å². The Hall–Kier alpha value is -1.13. The lowest BCUT2D eigenvalue weighted by Gasteiger charge is -2.07. The molecule has 0 fully saturated rings. The van der Waals surface area contributed by atoms with Crippen molar-refractivity contribution in [2.24, 2.45) is 0 Å². The molecule has 0 spiro atoms. The number of nitrogens with one attached hydrogen (secondary N) is 2. The molecule has 5 heteroatoms. The van der Waals surface area contributed by atoms with Crippen molar-refractivity contribution < 1.29 is 9.18 Å². The van der Waals surface area contributed by atoms with E-state index in [-0.39, 0.29) is 17.5 Å². The molecule has 0 radical (unpaired) electrons. The standard InChI is InChI=1S/C15H22ClFN2O/c1-2-3-4-5-6-9-18-11-15(20)19-12-7-8-14(17)13(16)10-12/h7-8,10,18H,2-6,9,11H2,1H3,(H,19,20). The van der Waals surface area contributed by atoms with Crippen molar-refractivity contribution in [2.45, 2.75) is 39.0 Å². The molecule has 0 unspecified atom stereocenters. The highest BCUT2D eigenvalue weighted by atomic mass is 35.5. The van der Waals surface area contributed by atoms with E-state index in [0.717, 1.165) is 13.0 Å². The Bertz CT molecular complexity index is 426. The van der Waals surface area contributed by atoms with Gasteiger partial charge in [-0.05, 0) is 31.2 Å². The molecule has 1 rings (SSSR count). The van der Waals surface area contributed by atoms with Gasteiger partial charge in [0.05, 0.1) is 11.6 Å². The van der Waals surface area contributed by atoms with E-state index < -0.39 is 5.82 Å². The number of halogens is 2. The van der Waals surface area contributed by atoms with Crippen LogP contribution in [-0.4, -0.2) is 19.0 Å². The predicted octanol–water partition coefficient (Wildman–Crippen LogP) is 3.98. The lowest BCUT2D eigenvalue weighted by Crippen LogP contribution is -2.28. The van der Waals surface area contributed by atoms with Gasteiger partial charge >= 0.3 is 0 Å². The third-order valence-corrected chi connectivity index (χ3v) is 3.24. The summed E-state index contributed by atoms with van der Waals surface area (Å²) in [7, 11) is 0. The Morgan fingerprint density at radius 1 is 1.25 bits per heavy atom. The number of carbonyl (C=O) groups excluding carboxylic acids is 1. The van der Waals surface area contributed by atoms with Gasteiger partial charge in [0.1, 0.15) is 5.82 Å². The molecule has 0 aromatic heterocycles. The van der Waals surface area contributed by atoms with Gasteiger partial charge in [0, 0.05) is 5.69 Å². The minimum atomic E-state index is -0.491. The van der Waals surface area contributed by atoms with Crippen molar-refractivity contribution in [1.82, 2.24) is 5.32 Å². The van der Waals surface area contributed by atoms with E-state index in [9.17, 15) is 9.18 Å². The van der Waals surface area contributed by atoms with Crippen LogP contribution in [0.25, 0.3) is 0 Å². The first-order chi connectivity index (χ1) is 9.63. The van der Waals surface area contributed by atoms with Gasteiger partial charge < -0.3 is 10.6 Å². The van der Waals surface area contributed by atoms with Crippen LogP contribution in [0.2, 0.25) is 5.02 Å². The monoisotopic (exact) mass is 300 g/mol. The maximum absolute atomic E-state index is 13.0. The van der Waals surface area contributed by atoms with Crippen LogP contribution in [-0.2, 0) is 4.79 Å². The summed E-state index contributed by atoms with van der Waals surface area (Å²) in [5.74, 6) is -0.642. The van der Waals surface area contributed by atoms with Gasteiger partial charge in [-0.3, -0.25) is 4.79 Å². The summed E-state index contributed by atoms with van der Waals surface area (Å²) < 4.78 is 13.0. The van der Waals surface area contributed by atoms with Crippen LogP contribution in [0.15, 0.2) is 18.2 Å². The maximum atomic E-state index is 13.0. The Balaban J connectivity index is 2.15. The number of benzene rings is 1. The molecule has 0 atom stereocenters. The number of amides is 1. The second kappa shape index (κ2) is 9.72. The third kappa shape index (κ3) is 6.87. The SMILES string of the molecule is CCCCCCCNCC(=O)Nc1ccc(F)c(Cl)c1. The molecule has 1 aromatic rings. The topological polar surface area (TPSA) is 41.1 Å². The van der Waals surface area contributed by atoms with Crippen LogP contribution in [0.3, 0.4) is 0 Å². The van der Waals surface area contributed by atoms with Crippen molar-refractivity contribution in [3.8, 4) is 0 Å². The van der Waals surface area contributed by atoms with Crippen LogP contribution in [0.5, 0.6) is 0 Å². The van der Waals surface area contributed by atoms with Gasteiger partial charge in [0.2, 0.25) is 5.91 Å². The van der Waals surface area contributed by atoms with Crippen LogP contribution >= 0.6 is 11.6 Å². The number of anilines is 1. The van der Waals surface area contributed by atoms with Crippen molar-refractivity contribution in [3.05, 3.63) is 29.0 Å². The summed E-state index contributed by atoms with van der Waals surface area (Å²) in [4.78, 5) is 11.6. The minimum Gasteiger partial charge on any atom is -0.325 e. The molecule has 112 valence electrons. The molecule has 3 nitrogen and oxygen atoms in total. The highest BCUT2D eigenvalue weighted by Gasteiger charge is 2.04. The first kappa shape index (κ1) is 16.9. The van der Waals surface area contributed by atoms with Gasteiger partial charge in [-0.25, -0.2) is 4.39 Å². The molecule has 0 saturated carbocycles. The molecule has 20 heavy (non-hydrogen) atoms. The van der Waals surface area contributed by atoms with Crippen molar-refractivity contribution in [2.75, 3.05) is 18.4 Å². The van der Waals surface area contributed by atoms with Gasteiger partial charge in [-0.2, -0.15) is 0 Å². The Morgan fingerprint density at radius 3 is 2.70 bits per heavy atom. The molecule has 0 saturated heterocycles. The zero-order chi connectivity index (χ0) is 14.8. The molecule has 0 aliphatic rings. The smallest absolute Gasteiger partial charge is 0.238 e. The normalized spacial score (nSPS) is 10.6. The first-order valence-corrected chi connectivity index (χ1v) is 7.47. The van der Waals surface area contributed by atoms with Gasteiger partial charge in [-0.1, -0.05) is 44.2 Å². The fourth-order valence-corrected chi connectivity index (χ4v) is 2.02. The lowest BCUT2D eigenvalue weighted by atomic mass is 10.1. The summed E-state index contributed by atoms with van der Waals surface area (Å²) >= 11 is 5.64. The summed E-state index contributed by atoms with van der Waals surface area (Å²) in [6.07, 6.45) is 6.02. The van der Waals surface area contributed by atoms with Gasteiger partial charge in [-0.15, -0.1) is 0 Å². The van der Waals surface area contributed by atoms with E-state index in [0.29, 0.717) is 5.69 Å². The van der Waals surface area contributed by atoms with E-state index in [4.69, 9.17) is 11.6 Å². The van der Waals surface area contributed by atoms with Crippen molar-refractivity contribution >= 4 is 23.2 Å². The summed E-state index contributed by atoms with van der Waals surface area (Å²) in [6.45, 7) is 3.27. The zero-order valence-electron chi connectivity index (χ0n) is 11.8. The van der Waals surface area contributed by atoms with E-state index in [2.05, 4.69) is 17.6 Å². The highest BCUT2D eigenvalue weighted by molar-refractivity contribution is 6.31. The van der Waals surface area contributed by atoms with E-state index in [1.54, 1.807) is 0 Å². The number of hydrogen-bond acceptors (Lipinski definition) is 2. The fraction of sp³-hybridized carbons (Fsp3) is 0.533. The van der Waals surface area contributed by atoms with Crippen LogP contribution in [0, 0.1) is 5.82 Å². The predicted molar refractivity (Wildman–Crippen MR) is 81.7 cm³/mol. The van der Waals surface area contributed by atoms with Crippen molar-refractivity contribution in [1.29, 1.82) is 0 Å². The molecule has 0 aliphatic carbocycles. The average molecular weight is 301 g/mol. The molecular formula is C15H22ClFN2O. The number of unbranched alkanes of at least 4 members (excludes halogenated alkanes) is 4.